The van der Waals surface area contributed by atoms with Crippen LogP contribution >= 0.6 is 0 Å². The Bertz CT molecular complexity index is 861. The van der Waals surface area contributed by atoms with E-state index in [1.165, 1.54) is 0 Å². The average molecular weight is 395 g/mol. The number of aromatic nitrogens is 2. The Hall–Kier alpha value is -2.47. The molecule has 0 radical (unpaired) electrons. The molecule has 2 aliphatic rings. The summed E-state index contributed by atoms with van der Waals surface area (Å²) < 4.78 is 0. The molecule has 2 aromatic rings. The lowest BCUT2D eigenvalue weighted by atomic mass is 9.93. The smallest absolute Gasteiger partial charge is 0.230 e. The Morgan fingerprint density at radius 2 is 1.86 bits per heavy atom. The van der Waals surface area contributed by atoms with Gasteiger partial charge in [-0.2, -0.15) is 0 Å². The van der Waals surface area contributed by atoms with E-state index < -0.39 is 0 Å². The largest absolute Gasteiger partial charge is 0.345 e. The molecular formula is C23H32N5O+. The van der Waals surface area contributed by atoms with Crippen LogP contribution < -0.4 is 9.80 Å². The summed E-state index contributed by atoms with van der Waals surface area (Å²) in [7, 11) is 2.24. The molecule has 2 aliphatic heterocycles. The van der Waals surface area contributed by atoms with Crippen LogP contribution in [0.5, 0.6) is 0 Å². The van der Waals surface area contributed by atoms with Gasteiger partial charge in [-0.05, 0) is 18.9 Å². The fraction of sp³-hybridized carbons (Fsp3) is 0.522. The molecule has 0 aliphatic carbocycles. The molecule has 6 heteroatoms. The maximum Gasteiger partial charge on any atom is 0.230 e. The molecule has 3 heterocycles. The zero-order valence-corrected chi connectivity index (χ0v) is 17.8. The highest BCUT2D eigenvalue weighted by Gasteiger charge is 2.31. The molecule has 1 atom stereocenters. The second-order valence-electron chi connectivity index (χ2n) is 8.35. The van der Waals surface area contributed by atoms with Crippen molar-refractivity contribution in [1.29, 1.82) is 0 Å². The molecule has 154 valence electrons. The van der Waals surface area contributed by atoms with E-state index in [1.807, 2.05) is 30.0 Å². The van der Waals surface area contributed by atoms with Crippen LogP contribution in [0.1, 0.15) is 41.9 Å². The molecule has 6 nitrogen and oxygen atoms in total. The molecule has 1 fully saturated rings. The van der Waals surface area contributed by atoms with E-state index in [0.29, 0.717) is 6.54 Å². The van der Waals surface area contributed by atoms with Crippen molar-refractivity contribution in [2.75, 3.05) is 44.7 Å². The van der Waals surface area contributed by atoms with Crippen molar-refractivity contribution in [3.05, 3.63) is 53.0 Å². The molecule has 1 N–H and O–H groups in total. The number of benzene rings is 1. The normalized spacial score (nSPS) is 18.4. The van der Waals surface area contributed by atoms with Crippen LogP contribution in [0.3, 0.4) is 0 Å². The standard InChI is InChI=1S/C23H31N5O/c1-4-19(18-8-6-5-7-9-18)23(29)28-11-10-21-20(16-28)22(25-17(2)24-21)27-14-12-26(3)13-15-27/h5-9,19H,4,10-16H2,1-3H3/p+1/t19-/m0/s1. The first kappa shape index (κ1) is 19.8. The number of anilines is 1. The lowest BCUT2D eigenvalue weighted by molar-refractivity contribution is -0.880. The van der Waals surface area contributed by atoms with Gasteiger partial charge in [-0.1, -0.05) is 37.3 Å². The number of carbonyl (C=O) groups excluding carboxylic acids is 1. The summed E-state index contributed by atoms with van der Waals surface area (Å²) in [5.74, 6) is 2.02. The van der Waals surface area contributed by atoms with Gasteiger partial charge in [0.15, 0.2) is 0 Å². The summed E-state index contributed by atoms with van der Waals surface area (Å²) >= 11 is 0. The summed E-state index contributed by atoms with van der Waals surface area (Å²) in [5.41, 5.74) is 3.38. The number of piperazine rings is 1. The monoisotopic (exact) mass is 394 g/mol. The van der Waals surface area contributed by atoms with Gasteiger partial charge in [0, 0.05) is 18.5 Å². The van der Waals surface area contributed by atoms with Crippen LogP contribution in [-0.4, -0.2) is 60.5 Å². The van der Waals surface area contributed by atoms with Crippen molar-refractivity contribution >= 4 is 11.7 Å². The van der Waals surface area contributed by atoms with Gasteiger partial charge in [-0.15, -0.1) is 0 Å². The van der Waals surface area contributed by atoms with Crippen molar-refractivity contribution in [2.24, 2.45) is 0 Å². The van der Waals surface area contributed by atoms with Crippen LogP contribution in [0.4, 0.5) is 5.82 Å². The number of rotatable bonds is 4. The number of aryl methyl sites for hydroxylation is 1. The number of nitrogens with one attached hydrogen (secondary N) is 1. The topological polar surface area (TPSA) is 53.8 Å². The highest BCUT2D eigenvalue weighted by molar-refractivity contribution is 5.84. The molecule has 1 amide bonds. The van der Waals surface area contributed by atoms with Crippen LogP contribution in [0, 0.1) is 6.92 Å². The molecule has 1 aromatic heterocycles. The zero-order chi connectivity index (χ0) is 20.4. The van der Waals surface area contributed by atoms with E-state index in [4.69, 9.17) is 9.97 Å². The Balaban J connectivity index is 1.59. The van der Waals surface area contributed by atoms with E-state index in [9.17, 15) is 4.79 Å². The molecule has 1 saturated heterocycles. The van der Waals surface area contributed by atoms with Crippen molar-refractivity contribution in [3.63, 3.8) is 0 Å². The second kappa shape index (κ2) is 8.49. The third kappa shape index (κ3) is 4.13. The van der Waals surface area contributed by atoms with Gasteiger partial charge in [0.05, 0.1) is 51.4 Å². The molecule has 1 aromatic carbocycles. The fourth-order valence-corrected chi connectivity index (χ4v) is 4.53. The van der Waals surface area contributed by atoms with Gasteiger partial charge in [0.25, 0.3) is 0 Å². The van der Waals surface area contributed by atoms with Crippen LogP contribution in [0.2, 0.25) is 0 Å². The summed E-state index contributed by atoms with van der Waals surface area (Å²) in [5, 5.41) is 0. The van der Waals surface area contributed by atoms with Crippen molar-refractivity contribution in [2.45, 2.75) is 39.2 Å². The maximum atomic E-state index is 13.4. The number of carbonyl (C=O) groups is 1. The fourth-order valence-electron chi connectivity index (χ4n) is 4.53. The molecule has 0 bridgehead atoms. The SMILES string of the molecule is CC[C@H](C(=O)N1CCc2nc(C)nc(N3CC[NH+](C)CC3)c2C1)c1ccccc1. The van der Waals surface area contributed by atoms with Crippen molar-refractivity contribution in [3.8, 4) is 0 Å². The highest BCUT2D eigenvalue weighted by atomic mass is 16.2. The minimum Gasteiger partial charge on any atom is -0.345 e. The second-order valence-corrected chi connectivity index (χ2v) is 8.35. The minimum atomic E-state index is -0.0835. The molecule has 4 rings (SSSR count). The van der Waals surface area contributed by atoms with E-state index in [-0.39, 0.29) is 11.8 Å². The highest BCUT2D eigenvalue weighted by Crippen LogP contribution is 2.30. The Morgan fingerprint density at radius 1 is 1.14 bits per heavy atom. The van der Waals surface area contributed by atoms with Gasteiger partial charge in [0.1, 0.15) is 11.6 Å². The first-order valence-electron chi connectivity index (χ1n) is 10.8. The lowest BCUT2D eigenvalue weighted by Crippen LogP contribution is -3.12. The number of fused-ring (bicyclic) bond motifs is 1. The van der Waals surface area contributed by atoms with E-state index in [1.54, 1.807) is 4.90 Å². The summed E-state index contributed by atoms with van der Waals surface area (Å²) in [6.07, 6.45) is 1.62. The molecule has 29 heavy (non-hydrogen) atoms. The van der Waals surface area contributed by atoms with E-state index >= 15 is 0 Å². The maximum absolute atomic E-state index is 13.4. The van der Waals surface area contributed by atoms with E-state index in [0.717, 1.165) is 74.0 Å². The number of hydrogen-bond acceptors (Lipinski definition) is 4. The summed E-state index contributed by atoms with van der Waals surface area (Å²) in [6, 6.07) is 10.2. The predicted molar refractivity (Wildman–Crippen MR) is 114 cm³/mol. The Labute approximate surface area is 173 Å². The molecular weight excluding hydrogens is 362 g/mol. The van der Waals surface area contributed by atoms with Gasteiger partial charge >= 0.3 is 0 Å². The predicted octanol–water partition coefficient (Wildman–Crippen LogP) is 1.20. The summed E-state index contributed by atoms with van der Waals surface area (Å²) in [6.45, 7) is 9.67. The Morgan fingerprint density at radius 3 is 2.55 bits per heavy atom. The first-order chi connectivity index (χ1) is 14.1. The summed E-state index contributed by atoms with van der Waals surface area (Å²) in [4.78, 5) is 28.9. The number of hydrogen-bond donors (Lipinski definition) is 1. The number of likely N-dealkylation sites (N-methyl/N-ethyl adjacent to an activating group) is 1. The van der Waals surface area contributed by atoms with Crippen molar-refractivity contribution in [1.82, 2.24) is 14.9 Å². The van der Waals surface area contributed by atoms with Crippen LogP contribution in [0.15, 0.2) is 30.3 Å². The average Bonchev–Trinajstić information content (AvgIpc) is 2.74. The molecule has 0 unspecified atom stereocenters. The first-order valence-corrected chi connectivity index (χ1v) is 10.8. The van der Waals surface area contributed by atoms with Crippen molar-refractivity contribution < 1.29 is 9.69 Å². The number of amides is 1. The molecule has 0 saturated carbocycles. The molecule has 0 spiro atoms. The van der Waals surface area contributed by atoms with Crippen LogP contribution in [-0.2, 0) is 17.8 Å². The zero-order valence-electron chi connectivity index (χ0n) is 17.8. The number of quaternary nitrogens is 1. The third-order valence-corrected chi connectivity index (χ3v) is 6.29. The van der Waals surface area contributed by atoms with Gasteiger partial charge < -0.3 is 14.7 Å². The third-order valence-electron chi connectivity index (χ3n) is 6.29. The van der Waals surface area contributed by atoms with Gasteiger partial charge in [-0.25, -0.2) is 9.97 Å². The van der Waals surface area contributed by atoms with E-state index in [2.05, 4.69) is 31.0 Å². The van der Waals surface area contributed by atoms with Crippen LogP contribution in [0.25, 0.3) is 0 Å². The van der Waals surface area contributed by atoms with Gasteiger partial charge in [0.2, 0.25) is 5.91 Å². The minimum absolute atomic E-state index is 0.0835. The lowest BCUT2D eigenvalue weighted by Gasteiger charge is -2.36. The van der Waals surface area contributed by atoms with Gasteiger partial charge in [-0.3, -0.25) is 4.79 Å². The quantitative estimate of drug-likeness (QED) is 0.847. The Kier molecular flexibility index (Phi) is 5.81. The number of nitrogens with zero attached hydrogens (tertiary/aromatic N) is 4.